The first-order chi connectivity index (χ1) is 14.6. The molecular formula is C20H22F3N5O4. The number of nitrogens with zero attached hydrogens (tertiary/aromatic N) is 3. The first-order valence-corrected chi connectivity index (χ1v) is 9.28. The summed E-state index contributed by atoms with van der Waals surface area (Å²) < 4.78 is 45.5. The van der Waals surface area contributed by atoms with E-state index in [0.29, 0.717) is 6.07 Å². The van der Waals surface area contributed by atoms with Crippen LogP contribution in [0.25, 0.3) is 0 Å². The largest absolute Gasteiger partial charge is 0.417 e. The highest BCUT2D eigenvalue weighted by atomic mass is 19.4. The van der Waals surface area contributed by atoms with Crippen molar-refractivity contribution in [1.82, 2.24) is 15.1 Å². The van der Waals surface area contributed by atoms with Crippen molar-refractivity contribution >= 4 is 17.7 Å². The van der Waals surface area contributed by atoms with E-state index in [2.05, 4.69) is 15.7 Å². The summed E-state index contributed by atoms with van der Waals surface area (Å²) in [6, 6.07) is 4.09. The van der Waals surface area contributed by atoms with Gasteiger partial charge in [-0.05, 0) is 45.9 Å². The lowest BCUT2D eigenvalue weighted by molar-refractivity contribution is -0.138. The van der Waals surface area contributed by atoms with Crippen LogP contribution < -0.4 is 15.4 Å². The summed E-state index contributed by atoms with van der Waals surface area (Å²) in [7, 11) is 0. The van der Waals surface area contributed by atoms with E-state index in [1.54, 1.807) is 20.8 Å². The third-order valence-electron chi connectivity index (χ3n) is 3.96. The van der Waals surface area contributed by atoms with Crippen molar-refractivity contribution in [1.29, 1.82) is 5.26 Å². The Morgan fingerprint density at radius 3 is 2.47 bits per heavy atom. The van der Waals surface area contributed by atoms with Crippen molar-refractivity contribution in [2.45, 2.75) is 51.6 Å². The molecular weight excluding hydrogens is 431 g/mol. The van der Waals surface area contributed by atoms with E-state index in [4.69, 9.17) is 10.00 Å². The van der Waals surface area contributed by atoms with Crippen LogP contribution in [-0.2, 0) is 17.5 Å². The molecule has 0 aliphatic rings. The molecule has 1 atom stereocenters. The molecule has 0 aliphatic heterocycles. The molecule has 0 spiro atoms. The van der Waals surface area contributed by atoms with Crippen LogP contribution in [0.4, 0.5) is 23.7 Å². The molecule has 1 aromatic carbocycles. The maximum atomic E-state index is 13.1. The predicted octanol–water partition coefficient (Wildman–Crippen LogP) is 3.05. The van der Waals surface area contributed by atoms with E-state index in [-0.39, 0.29) is 18.0 Å². The molecule has 0 aliphatic carbocycles. The molecule has 2 amide bonds. The number of halogens is 3. The number of rotatable bonds is 5. The van der Waals surface area contributed by atoms with Crippen LogP contribution in [0.15, 0.2) is 30.6 Å². The molecule has 3 N–H and O–H groups in total. The van der Waals surface area contributed by atoms with E-state index in [0.717, 1.165) is 23.7 Å². The summed E-state index contributed by atoms with van der Waals surface area (Å²) in [5.41, 5.74) is -4.65. The van der Waals surface area contributed by atoms with Gasteiger partial charge in [-0.1, -0.05) is 0 Å². The van der Waals surface area contributed by atoms with Crippen molar-refractivity contribution in [2.75, 3.05) is 5.32 Å². The van der Waals surface area contributed by atoms with Gasteiger partial charge in [0.2, 0.25) is 0 Å². The third-order valence-corrected chi connectivity index (χ3v) is 3.96. The van der Waals surface area contributed by atoms with Crippen LogP contribution in [0.2, 0.25) is 0 Å². The van der Waals surface area contributed by atoms with Crippen LogP contribution in [0.3, 0.4) is 0 Å². The summed E-state index contributed by atoms with van der Waals surface area (Å²) in [6.45, 7) is 6.05. The number of nitrogens with one attached hydrogen (secondary N) is 2. The molecule has 1 heterocycles. The van der Waals surface area contributed by atoms with Gasteiger partial charge in [-0.15, -0.1) is 0 Å². The number of alkyl halides is 3. The first-order valence-electron chi connectivity index (χ1n) is 9.28. The summed E-state index contributed by atoms with van der Waals surface area (Å²) in [5.74, 6) is -0.941. The quantitative estimate of drug-likeness (QED) is 0.638. The van der Waals surface area contributed by atoms with Crippen LogP contribution in [0, 0.1) is 11.3 Å². The molecule has 12 heteroatoms. The summed E-state index contributed by atoms with van der Waals surface area (Å²) in [6.07, 6.45) is -3.04. The van der Waals surface area contributed by atoms with Crippen LogP contribution in [0.5, 0.6) is 5.75 Å². The Kier molecular flexibility index (Phi) is 6.84. The second-order valence-electron chi connectivity index (χ2n) is 8.24. The van der Waals surface area contributed by atoms with Crippen molar-refractivity contribution in [3.05, 3.63) is 41.7 Å². The van der Waals surface area contributed by atoms with Crippen LogP contribution >= 0.6 is 0 Å². The first kappa shape index (κ1) is 24.7. The van der Waals surface area contributed by atoms with E-state index in [9.17, 15) is 27.9 Å². The van der Waals surface area contributed by atoms with Crippen molar-refractivity contribution in [3.63, 3.8) is 0 Å². The van der Waals surface area contributed by atoms with Gasteiger partial charge in [-0.3, -0.25) is 9.48 Å². The SMILES string of the molecule is CC(C)(C)NC(=O)Oc1cnn(C[C@](C)(O)C(=O)Nc2ccc(C#N)c(C(F)(F)F)c2)c1. The molecule has 0 fully saturated rings. The Hall–Kier alpha value is -3.59. The van der Waals surface area contributed by atoms with Gasteiger partial charge in [0.15, 0.2) is 11.4 Å². The number of hydrogen-bond donors (Lipinski definition) is 3. The number of ether oxygens (including phenoxy) is 1. The fourth-order valence-electron chi connectivity index (χ4n) is 2.53. The monoisotopic (exact) mass is 453 g/mol. The molecule has 32 heavy (non-hydrogen) atoms. The Morgan fingerprint density at radius 2 is 1.91 bits per heavy atom. The molecule has 0 bridgehead atoms. The number of aliphatic hydroxyl groups is 1. The second-order valence-corrected chi connectivity index (χ2v) is 8.24. The summed E-state index contributed by atoms with van der Waals surface area (Å²) in [5, 5.41) is 28.0. The minimum Gasteiger partial charge on any atom is -0.407 e. The fraction of sp³-hybridized carbons (Fsp3) is 0.400. The average Bonchev–Trinajstić information content (AvgIpc) is 3.05. The minimum absolute atomic E-state index is 0.0601. The maximum Gasteiger partial charge on any atom is 0.417 e. The average molecular weight is 453 g/mol. The number of anilines is 1. The zero-order chi connectivity index (χ0) is 24.3. The molecule has 0 unspecified atom stereocenters. The molecule has 2 rings (SSSR count). The lowest BCUT2D eigenvalue weighted by Gasteiger charge is -2.22. The van der Waals surface area contributed by atoms with E-state index < -0.39 is 40.4 Å². The van der Waals surface area contributed by atoms with Gasteiger partial charge in [0.25, 0.3) is 5.91 Å². The molecule has 9 nitrogen and oxygen atoms in total. The fourth-order valence-corrected chi connectivity index (χ4v) is 2.53. The van der Waals surface area contributed by atoms with Crippen molar-refractivity contribution in [2.24, 2.45) is 0 Å². The molecule has 1 aromatic heterocycles. The third kappa shape index (κ3) is 6.71. The van der Waals surface area contributed by atoms with Gasteiger partial charge in [-0.25, -0.2) is 4.79 Å². The Labute approximate surface area is 181 Å². The topological polar surface area (TPSA) is 129 Å². The number of amides is 2. The van der Waals surface area contributed by atoms with E-state index >= 15 is 0 Å². The van der Waals surface area contributed by atoms with Crippen LogP contribution in [0.1, 0.15) is 38.8 Å². The van der Waals surface area contributed by atoms with Crippen LogP contribution in [-0.4, -0.2) is 38.0 Å². The zero-order valence-corrected chi connectivity index (χ0v) is 17.7. The number of benzene rings is 1. The zero-order valence-electron chi connectivity index (χ0n) is 17.7. The minimum atomic E-state index is -4.79. The molecule has 0 saturated heterocycles. The number of hydrogen-bond acceptors (Lipinski definition) is 6. The molecule has 2 aromatic rings. The molecule has 0 saturated carbocycles. The highest BCUT2D eigenvalue weighted by Gasteiger charge is 2.35. The van der Waals surface area contributed by atoms with Gasteiger partial charge in [0, 0.05) is 11.2 Å². The number of aromatic nitrogens is 2. The standard InChI is InChI=1S/C20H22F3N5O4/c1-18(2,3)27-17(30)32-14-9-25-28(10-14)11-19(4,31)16(29)26-13-6-5-12(8-24)15(7-13)20(21,22)23/h5-7,9-10,31H,11H2,1-4H3,(H,26,29)(H,27,30)/t19-/m0/s1. The number of carbonyl (C=O) groups is 2. The Balaban J connectivity index is 2.08. The molecule has 0 radical (unpaired) electrons. The highest BCUT2D eigenvalue weighted by Crippen LogP contribution is 2.33. The van der Waals surface area contributed by atoms with Crippen molar-refractivity contribution in [3.8, 4) is 11.8 Å². The Bertz CT molecular complexity index is 1050. The maximum absolute atomic E-state index is 13.1. The number of carbonyl (C=O) groups excluding carboxylic acids is 2. The summed E-state index contributed by atoms with van der Waals surface area (Å²) in [4.78, 5) is 24.2. The van der Waals surface area contributed by atoms with E-state index in [1.165, 1.54) is 18.5 Å². The lowest BCUT2D eigenvalue weighted by atomic mass is 10.0. The van der Waals surface area contributed by atoms with Gasteiger partial charge in [0.05, 0.1) is 36.1 Å². The summed E-state index contributed by atoms with van der Waals surface area (Å²) >= 11 is 0. The lowest BCUT2D eigenvalue weighted by Crippen LogP contribution is -2.44. The predicted molar refractivity (Wildman–Crippen MR) is 107 cm³/mol. The second kappa shape index (κ2) is 8.88. The van der Waals surface area contributed by atoms with Gasteiger partial charge < -0.3 is 20.5 Å². The van der Waals surface area contributed by atoms with Gasteiger partial charge in [-0.2, -0.15) is 23.5 Å². The highest BCUT2D eigenvalue weighted by molar-refractivity contribution is 5.96. The van der Waals surface area contributed by atoms with Crippen molar-refractivity contribution < 1.29 is 32.6 Å². The van der Waals surface area contributed by atoms with E-state index in [1.807, 2.05) is 0 Å². The molecule has 172 valence electrons. The van der Waals surface area contributed by atoms with Gasteiger partial charge in [0.1, 0.15) is 0 Å². The smallest absolute Gasteiger partial charge is 0.407 e. The number of nitriles is 1. The normalized spacial score (nSPS) is 13.6. The van der Waals surface area contributed by atoms with Gasteiger partial charge >= 0.3 is 12.3 Å². The Morgan fingerprint density at radius 1 is 1.25 bits per heavy atom.